The van der Waals surface area contributed by atoms with Crippen molar-refractivity contribution in [3.63, 3.8) is 0 Å². The molecule has 9 nitrogen and oxygen atoms in total. The van der Waals surface area contributed by atoms with Crippen molar-refractivity contribution in [3.05, 3.63) is 63.6 Å². The van der Waals surface area contributed by atoms with E-state index in [1.54, 1.807) is 34.3 Å². The van der Waals surface area contributed by atoms with Gasteiger partial charge in [0, 0.05) is 18.8 Å². The molecule has 1 atom stereocenters. The monoisotopic (exact) mass is 546 g/mol. The van der Waals surface area contributed by atoms with Crippen molar-refractivity contribution < 1.29 is 32.3 Å². The zero-order valence-electron chi connectivity index (χ0n) is 22.0. The molecule has 4 rings (SSSR count). The van der Waals surface area contributed by atoms with Gasteiger partial charge in [0.05, 0.1) is 36.3 Å². The summed E-state index contributed by atoms with van der Waals surface area (Å²) in [5.41, 5.74) is 0.468. The number of hydrogen-bond donors (Lipinski definition) is 0. The molecule has 208 valence electrons. The van der Waals surface area contributed by atoms with Gasteiger partial charge in [-0.3, -0.25) is 28.5 Å². The molecule has 0 N–H and O–H groups in total. The number of hydrogen-bond acceptors (Lipinski definition) is 5. The number of fused-ring (bicyclic) bond motifs is 1. The molecule has 0 aliphatic carbocycles. The predicted molar refractivity (Wildman–Crippen MR) is 137 cm³/mol. The van der Waals surface area contributed by atoms with Gasteiger partial charge in [0.1, 0.15) is 0 Å². The van der Waals surface area contributed by atoms with Crippen molar-refractivity contribution in [2.75, 3.05) is 18.1 Å². The summed E-state index contributed by atoms with van der Waals surface area (Å²) in [4.78, 5) is 54.5. The highest BCUT2D eigenvalue weighted by molar-refractivity contribution is 6.12. The molecule has 12 heteroatoms. The molecule has 0 radical (unpaired) electrons. The third-order valence-corrected chi connectivity index (χ3v) is 6.99. The summed E-state index contributed by atoms with van der Waals surface area (Å²) in [7, 11) is 0. The zero-order chi connectivity index (χ0) is 28.6. The van der Waals surface area contributed by atoms with Gasteiger partial charge in [0.15, 0.2) is 5.92 Å². The number of carbonyl (C=O) groups is 3. The maximum absolute atomic E-state index is 13.7. The van der Waals surface area contributed by atoms with Crippen molar-refractivity contribution >= 4 is 34.6 Å². The number of alkyl halides is 3. The molecule has 1 aliphatic heterocycles. The minimum atomic E-state index is -4.62. The lowest BCUT2D eigenvalue weighted by molar-refractivity contribution is -0.154. The lowest BCUT2D eigenvalue weighted by Crippen LogP contribution is -2.58. The molecule has 39 heavy (non-hydrogen) atoms. The van der Waals surface area contributed by atoms with Gasteiger partial charge < -0.3 is 4.74 Å². The van der Waals surface area contributed by atoms with Crippen molar-refractivity contribution in [2.24, 2.45) is 5.92 Å². The molecule has 1 unspecified atom stereocenters. The number of aromatic nitrogens is 2. The maximum Gasteiger partial charge on any atom is 0.416 e. The van der Waals surface area contributed by atoms with Crippen LogP contribution in [0, 0.1) is 12.8 Å². The number of carbonyl (C=O) groups excluding carboxylic acids is 3. The third-order valence-electron chi connectivity index (χ3n) is 6.99. The fourth-order valence-corrected chi connectivity index (χ4v) is 4.97. The quantitative estimate of drug-likeness (QED) is 0.325. The van der Waals surface area contributed by atoms with Gasteiger partial charge in [-0.25, -0.2) is 9.59 Å². The van der Waals surface area contributed by atoms with Gasteiger partial charge >= 0.3 is 23.9 Å². The van der Waals surface area contributed by atoms with E-state index in [0.717, 1.165) is 11.0 Å². The van der Waals surface area contributed by atoms with Gasteiger partial charge in [0.2, 0.25) is 5.91 Å². The number of esters is 1. The molecule has 2 aromatic carbocycles. The van der Waals surface area contributed by atoms with Crippen LogP contribution in [0.5, 0.6) is 0 Å². The van der Waals surface area contributed by atoms with Crippen LogP contribution in [0.4, 0.5) is 23.7 Å². The summed E-state index contributed by atoms with van der Waals surface area (Å²) in [6.45, 7) is 6.54. The summed E-state index contributed by atoms with van der Waals surface area (Å²) >= 11 is 0. The van der Waals surface area contributed by atoms with Crippen LogP contribution in [0.1, 0.15) is 37.5 Å². The van der Waals surface area contributed by atoms with E-state index in [1.165, 1.54) is 24.0 Å². The third kappa shape index (κ3) is 4.90. The average molecular weight is 547 g/mol. The molecule has 0 spiro atoms. The first-order valence-corrected chi connectivity index (χ1v) is 12.6. The Hall–Kier alpha value is -4.09. The Morgan fingerprint density at radius 3 is 2.28 bits per heavy atom. The van der Waals surface area contributed by atoms with E-state index < -0.39 is 42.1 Å². The van der Waals surface area contributed by atoms with Gasteiger partial charge in [-0.2, -0.15) is 13.2 Å². The first kappa shape index (κ1) is 27.9. The standard InChI is InChI=1S/C27H29F3N4O5/c1-5-31-21-12-11-18(13-22(21)32(6-2)25(31)37)33-15-19(24(36)39-7-3)23(35)34(26(33)38)14-17-9-8-10-20(16(17)4)27(28,29)30/h8-13,19H,5-7,14-15H2,1-4H3. The topological polar surface area (TPSA) is 93.8 Å². The molecular weight excluding hydrogens is 517 g/mol. The number of imidazole rings is 1. The SMILES string of the molecule is CCOC(=O)C1CN(c2ccc3c(c2)n(CC)c(=O)n3CC)C(=O)N(Cc2cccc(C(F)(F)F)c2C)C1=O. The fourth-order valence-electron chi connectivity index (χ4n) is 4.97. The minimum Gasteiger partial charge on any atom is -0.465 e. The van der Waals surface area contributed by atoms with Crippen LogP contribution in [0.25, 0.3) is 11.0 Å². The first-order valence-electron chi connectivity index (χ1n) is 12.6. The van der Waals surface area contributed by atoms with Gasteiger partial charge in [-0.1, -0.05) is 12.1 Å². The highest BCUT2D eigenvalue weighted by Gasteiger charge is 2.44. The molecule has 0 saturated carbocycles. The second kappa shape index (κ2) is 10.6. The largest absolute Gasteiger partial charge is 0.465 e. The number of nitrogens with zero attached hydrogens (tertiary/aromatic N) is 4. The van der Waals surface area contributed by atoms with Gasteiger partial charge in [-0.05, 0) is 63.1 Å². The Morgan fingerprint density at radius 2 is 1.67 bits per heavy atom. The molecule has 0 bridgehead atoms. The van der Waals surface area contributed by atoms with Gasteiger partial charge in [-0.15, -0.1) is 0 Å². The Kier molecular flexibility index (Phi) is 7.58. The summed E-state index contributed by atoms with van der Waals surface area (Å²) in [6, 6.07) is 7.68. The number of imide groups is 1. The first-order chi connectivity index (χ1) is 18.4. The van der Waals surface area contributed by atoms with E-state index in [1.807, 2.05) is 13.8 Å². The van der Waals surface area contributed by atoms with E-state index in [4.69, 9.17) is 4.74 Å². The van der Waals surface area contributed by atoms with E-state index in [9.17, 15) is 32.3 Å². The van der Waals surface area contributed by atoms with Crippen LogP contribution in [0.3, 0.4) is 0 Å². The molecule has 3 aromatic rings. The van der Waals surface area contributed by atoms with Crippen molar-refractivity contribution in [2.45, 2.75) is 53.5 Å². The van der Waals surface area contributed by atoms with E-state index in [0.29, 0.717) is 29.8 Å². The van der Waals surface area contributed by atoms with Crippen LogP contribution < -0.4 is 10.6 Å². The molecule has 2 heterocycles. The summed E-state index contributed by atoms with van der Waals surface area (Å²) in [6.07, 6.45) is -4.62. The van der Waals surface area contributed by atoms with E-state index in [2.05, 4.69) is 0 Å². The average Bonchev–Trinajstić information content (AvgIpc) is 3.16. The number of urea groups is 1. The van der Waals surface area contributed by atoms with Crippen LogP contribution in [0.2, 0.25) is 0 Å². The van der Waals surface area contributed by atoms with Gasteiger partial charge in [0.25, 0.3) is 0 Å². The summed E-state index contributed by atoms with van der Waals surface area (Å²) in [5.74, 6) is -3.07. The van der Waals surface area contributed by atoms with Crippen LogP contribution in [-0.4, -0.2) is 45.1 Å². The molecule has 3 amide bonds. The second-order valence-corrected chi connectivity index (χ2v) is 9.15. The maximum atomic E-state index is 13.7. The summed E-state index contributed by atoms with van der Waals surface area (Å²) in [5, 5.41) is 0. The van der Waals surface area contributed by atoms with E-state index >= 15 is 0 Å². The number of rotatable bonds is 7. The molecule has 1 aliphatic rings. The zero-order valence-corrected chi connectivity index (χ0v) is 22.0. The number of anilines is 1. The minimum absolute atomic E-state index is 0.00254. The van der Waals surface area contributed by atoms with Crippen LogP contribution in [0.15, 0.2) is 41.2 Å². The number of amides is 3. The van der Waals surface area contributed by atoms with Crippen LogP contribution in [-0.2, 0) is 40.1 Å². The molecule has 1 saturated heterocycles. The lowest BCUT2D eigenvalue weighted by atomic mass is 9.99. The second-order valence-electron chi connectivity index (χ2n) is 9.15. The Balaban J connectivity index is 1.80. The molecule has 1 aromatic heterocycles. The number of halogens is 3. The number of benzene rings is 2. The van der Waals surface area contributed by atoms with E-state index in [-0.39, 0.29) is 30.0 Å². The molecule has 1 fully saturated rings. The Bertz CT molecular complexity index is 1510. The van der Waals surface area contributed by atoms with Crippen LogP contribution >= 0.6 is 0 Å². The summed E-state index contributed by atoms with van der Waals surface area (Å²) < 4.78 is 48.7. The van der Waals surface area contributed by atoms with Crippen molar-refractivity contribution in [3.8, 4) is 0 Å². The normalized spacial score (nSPS) is 16.3. The predicted octanol–water partition coefficient (Wildman–Crippen LogP) is 4.32. The molecular formula is C27H29F3N4O5. The van der Waals surface area contributed by atoms with Crippen molar-refractivity contribution in [1.82, 2.24) is 14.0 Å². The fraction of sp³-hybridized carbons (Fsp3) is 0.407. The lowest BCUT2D eigenvalue weighted by Gasteiger charge is -2.38. The number of ether oxygens (including phenoxy) is 1. The number of aryl methyl sites for hydroxylation is 2. The highest BCUT2D eigenvalue weighted by atomic mass is 19.4. The Labute approximate surface area is 222 Å². The highest BCUT2D eigenvalue weighted by Crippen LogP contribution is 2.34. The van der Waals surface area contributed by atoms with Crippen molar-refractivity contribution in [1.29, 1.82) is 0 Å². The smallest absolute Gasteiger partial charge is 0.416 e. The Morgan fingerprint density at radius 1 is 1.00 bits per heavy atom.